The van der Waals surface area contributed by atoms with Gasteiger partial charge in [0.05, 0.1) is 12.0 Å². The Morgan fingerprint density at radius 3 is 2.79 bits per heavy atom. The fourth-order valence-corrected chi connectivity index (χ4v) is 3.05. The predicted molar refractivity (Wildman–Crippen MR) is 92.0 cm³/mol. The van der Waals surface area contributed by atoms with Crippen molar-refractivity contribution in [2.75, 3.05) is 18.4 Å². The summed E-state index contributed by atoms with van der Waals surface area (Å²) in [7, 11) is 0. The Hall–Kier alpha value is -2.21. The number of hydrogen-bond donors (Lipinski definition) is 1. The van der Waals surface area contributed by atoms with Crippen LogP contribution in [0.2, 0.25) is 0 Å². The van der Waals surface area contributed by atoms with Crippen LogP contribution in [-0.4, -0.2) is 40.1 Å². The van der Waals surface area contributed by atoms with Crippen molar-refractivity contribution in [3.8, 4) is 0 Å². The lowest BCUT2D eigenvalue weighted by Gasteiger charge is -2.23. The van der Waals surface area contributed by atoms with Crippen molar-refractivity contribution in [3.05, 3.63) is 41.0 Å². The molecule has 6 heteroatoms. The second-order valence-corrected chi connectivity index (χ2v) is 6.62. The number of hydrogen-bond acceptors (Lipinski definition) is 5. The molecule has 1 N–H and O–H groups in total. The minimum atomic E-state index is -0.194. The molecule has 0 spiro atoms. The summed E-state index contributed by atoms with van der Waals surface area (Å²) in [5.41, 5.74) is 3.24. The molecule has 1 aliphatic rings. The van der Waals surface area contributed by atoms with E-state index in [2.05, 4.69) is 27.3 Å². The number of nitrogens with one attached hydrogen (secondary N) is 1. The highest BCUT2D eigenvalue weighted by Gasteiger charge is 2.33. The van der Waals surface area contributed by atoms with Gasteiger partial charge in [-0.25, -0.2) is 0 Å². The molecule has 1 aliphatic heterocycles. The first-order valence-corrected chi connectivity index (χ1v) is 8.36. The standard InChI is InChI=1S/C18H24N4O2/c1-11-5-6-16(9-12(11)2)20-17(23)13(3)22-8-7-15(10-22)18-19-14(4)21-24-18/h5-6,9,13,15H,7-8,10H2,1-4H3,(H,20,23). The Balaban J connectivity index is 1.60. The van der Waals surface area contributed by atoms with E-state index in [0.717, 1.165) is 25.2 Å². The van der Waals surface area contributed by atoms with Gasteiger partial charge in [0, 0.05) is 12.2 Å². The largest absolute Gasteiger partial charge is 0.339 e. The highest BCUT2D eigenvalue weighted by molar-refractivity contribution is 5.94. The third-order valence-corrected chi connectivity index (χ3v) is 4.81. The third kappa shape index (κ3) is 3.48. The molecule has 1 amide bonds. The quantitative estimate of drug-likeness (QED) is 0.934. The molecule has 2 atom stereocenters. The van der Waals surface area contributed by atoms with Gasteiger partial charge in [0.1, 0.15) is 0 Å². The van der Waals surface area contributed by atoms with Gasteiger partial charge < -0.3 is 9.84 Å². The van der Waals surface area contributed by atoms with E-state index < -0.39 is 0 Å². The molecule has 128 valence electrons. The normalized spacial score (nSPS) is 19.4. The van der Waals surface area contributed by atoms with E-state index in [0.29, 0.717) is 11.7 Å². The summed E-state index contributed by atoms with van der Waals surface area (Å²) < 4.78 is 5.27. The summed E-state index contributed by atoms with van der Waals surface area (Å²) in [6, 6.07) is 5.79. The first-order chi connectivity index (χ1) is 11.4. The maximum atomic E-state index is 12.5. The summed E-state index contributed by atoms with van der Waals surface area (Å²) in [5, 5.41) is 6.87. The van der Waals surface area contributed by atoms with Gasteiger partial charge in [-0.3, -0.25) is 9.69 Å². The predicted octanol–water partition coefficient (Wildman–Crippen LogP) is 2.81. The highest BCUT2D eigenvalue weighted by Crippen LogP contribution is 2.27. The number of likely N-dealkylation sites (tertiary alicyclic amines) is 1. The van der Waals surface area contributed by atoms with E-state index in [1.807, 2.05) is 39.0 Å². The van der Waals surface area contributed by atoms with Crippen molar-refractivity contribution in [3.63, 3.8) is 0 Å². The van der Waals surface area contributed by atoms with Crippen LogP contribution in [0.3, 0.4) is 0 Å². The number of carbonyl (C=O) groups excluding carboxylic acids is 1. The van der Waals surface area contributed by atoms with Crippen LogP contribution in [0.5, 0.6) is 0 Å². The summed E-state index contributed by atoms with van der Waals surface area (Å²) in [5.74, 6) is 1.56. The molecule has 1 saturated heterocycles. The van der Waals surface area contributed by atoms with E-state index in [1.54, 1.807) is 0 Å². The minimum absolute atomic E-state index is 0.0145. The summed E-state index contributed by atoms with van der Waals surface area (Å²) in [6.07, 6.45) is 0.933. The van der Waals surface area contributed by atoms with Crippen LogP contribution in [0, 0.1) is 20.8 Å². The van der Waals surface area contributed by atoms with Crippen LogP contribution in [0.15, 0.2) is 22.7 Å². The van der Waals surface area contributed by atoms with Crippen molar-refractivity contribution in [2.24, 2.45) is 0 Å². The summed E-state index contributed by atoms with van der Waals surface area (Å²) in [6.45, 7) is 9.49. The van der Waals surface area contributed by atoms with Gasteiger partial charge in [0.2, 0.25) is 11.8 Å². The number of aryl methyl sites for hydroxylation is 3. The van der Waals surface area contributed by atoms with Crippen LogP contribution in [0.25, 0.3) is 0 Å². The number of anilines is 1. The fraction of sp³-hybridized carbons (Fsp3) is 0.500. The zero-order valence-corrected chi connectivity index (χ0v) is 14.7. The second-order valence-electron chi connectivity index (χ2n) is 6.62. The van der Waals surface area contributed by atoms with Crippen molar-refractivity contribution >= 4 is 11.6 Å². The van der Waals surface area contributed by atoms with Crippen molar-refractivity contribution in [2.45, 2.75) is 46.1 Å². The SMILES string of the molecule is Cc1noc(C2CCN(C(C)C(=O)Nc3ccc(C)c(C)c3)C2)n1. The smallest absolute Gasteiger partial charge is 0.241 e. The van der Waals surface area contributed by atoms with E-state index in [4.69, 9.17) is 4.52 Å². The van der Waals surface area contributed by atoms with Crippen LogP contribution in [0.4, 0.5) is 5.69 Å². The molecule has 0 radical (unpaired) electrons. The van der Waals surface area contributed by atoms with Crippen molar-refractivity contribution in [1.82, 2.24) is 15.0 Å². The number of amides is 1. The second kappa shape index (κ2) is 6.73. The lowest BCUT2D eigenvalue weighted by atomic mass is 10.1. The van der Waals surface area contributed by atoms with Crippen LogP contribution < -0.4 is 5.32 Å². The molecule has 0 aliphatic carbocycles. The van der Waals surface area contributed by atoms with Gasteiger partial charge in [-0.05, 0) is 63.9 Å². The number of carbonyl (C=O) groups is 1. The van der Waals surface area contributed by atoms with Gasteiger partial charge in [0.25, 0.3) is 0 Å². The van der Waals surface area contributed by atoms with Crippen molar-refractivity contribution < 1.29 is 9.32 Å². The lowest BCUT2D eigenvalue weighted by Crippen LogP contribution is -2.40. The Bertz CT molecular complexity index is 740. The van der Waals surface area contributed by atoms with Gasteiger partial charge in [-0.1, -0.05) is 11.2 Å². The van der Waals surface area contributed by atoms with Crippen LogP contribution in [-0.2, 0) is 4.79 Å². The molecule has 1 aromatic heterocycles. The van der Waals surface area contributed by atoms with E-state index >= 15 is 0 Å². The van der Waals surface area contributed by atoms with E-state index in [9.17, 15) is 4.79 Å². The molecular formula is C18H24N4O2. The summed E-state index contributed by atoms with van der Waals surface area (Å²) in [4.78, 5) is 19.0. The zero-order valence-electron chi connectivity index (χ0n) is 14.7. The number of nitrogens with zero attached hydrogens (tertiary/aromatic N) is 3. The van der Waals surface area contributed by atoms with Crippen molar-refractivity contribution in [1.29, 1.82) is 0 Å². The molecule has 1 fully saturated rings. The molecular weight excluding hydrogens is 304 g/mol. The van der Waals surface area contributed by atoms with Crippen LogP contribution in [0.1, 0.15) is 42.1 Å². The Morgan fingerprint density at radius 1 is 1.33 bits per heavy atom. The molecule has 2 heterocycles. The molecule has 24 heavy (non-hydrogen) atoms. The average molecular weight is 328 g/mol. The van der Waals surface area contributed by atoms with Gasteiger partial charge in [-0.2, -0.15) is 4.98 Å². The van der Waals surface area contributed by atoms with Gasteiger partial charge in [-0.15, -0.1) is 0 Å². The van der Waals surface area contributed by atoms with Crippen LogP contribution >= 0.6 is 0 Å². The maximum Gasteiger partial charge on any atom is 0.241 e. The first-order valence-electron chi connectivity index (χ1n) is 8.36. The summed E-state index contributed by atoms with van der Waals surface area (Å²) >= 11 is 0. The maximum absolute atomic E-state index is 12.5. The Kier molecular flexibility index (Phi) is 4.66. The molecule has 0 bridgehead atoms. The Labute approximate surface area is 142 Å². The number of rotatable bonds is 4. The van der Waals surface area contributed by atoms with E-state index in [-0.39, 0.29) is 17.9 Å². The first kappa shape index (κ1) is 16.6. The molecule has 2 aromatic rings. The number of aromatic nitrogens is 2. The molecule has 3 rings (SSSR count). The number of benzene rings is 1. The topological polar surface area (TPSA) is 71.3 Å². The zero-order chi connectivity index (χ0) is 17.3. The molecule has 1 aromatic carbocycles. The molecule has 2 unspecified atom stereocenters. The van der Waals surface area contributed by atoms with Gasteiger partial charge in [0.15, 0.2) is 5.82 Å². The lowest BCUT2D eigenvalue weighted by molar-refractivity contribution is -0.120. The average Bonchev–Trinajstić information content (AvgIpc) is 3.19. The monoisotopic (exact) mass is 328 g/mol. The van der Waals surface area contributed by atoms with Gasteiger partial charge >= 0.3 is 0 Å². The molecule has 6 nitrogen and oxygen atoms in total. The Morgan fingerprint density at radius 2 is 2.12 bits per heavy atom. The highest BCUT2D eigenvalue weighted by atomic mass is 16.5. The minimum Gasteiger partial charge on any atom is -0.339 e. The fourth-order valence-electron chi connectivity index (χ4n) is 3.05. The van der Waals surface area contributed by atoms with E-state index in [1.165, 1.54) is 11.1 Å². The molecule has 0 saturated carbocycles. The third-order valence-electron chi connectivity index (χ3n) is 4.81.